The lowest BCUT2D eigenvalue weighted by atomic mass is 10.3. The third-order valence-electron chi connectivity index (χ3n) is 1.96. The highest BCUT2D eigenvalue weighted by Gasteiger charge is 2.06. The molecule has 0 aliphatic heterocycles. The Morgan fingerprint density at radius 3 is 2.43 bits per heavy atom. The quantitative estimate of drug-likeness (QED) is 0.728. The summed E-state index contributed by atoms with van der Waals surface area (Å²) in [6, 6.07) is 9.44. The van der Waals surface area contributed by atoms with Gasteiger partial charge < -0.3 is 9.15 Å². The summed E-state index contributed by atoms with van der Waals surface area (Å²) in [7, 11) is 0. The smallest absolute Gasteiger partial charge is 0.399 e. The van der Waals surface area contributed by atoms with Crippen LogP contribution >= 0.6 is 0 Å². The Morgan fingerprint density at radius 1 is 1.14 bits per heavy atom. The molecule has 0 atom stereocenters. The van der Waals surface area contributed by atoms with Crippen LogP contribution in [0.1, 0.15) is 11.5 Å². The summed E-state index contributed by atoms with van der Waals surface area (Å²) in [5.41, 5.74) is 0.857. The number of rotatable bonds is 2. The van der Waals surface area contributed by atoms with Crippen molar-refractivity contribution in [2.45, 2.75) is 13.8 Å². The molecule has 0 saturated carbocycles. The Labute approximate surface area is 82.3 Å². The zero-order valence-electron chi connectivity index (χ0n) is 8.15. The van der Waals surface area contributed by atoms with Crippen molar-refractivity contribution in [1.82, 2.24) is 4.98 Å². The number of para-hydroxylation sites is 1. The Morgan fingerprint density at radius 2 is 1.86 bits per heavy atom. The third-order valence-corrected chi connectivity index (χ3v) is 1.96. The van der Waals surface area contributed by atoms with Gasteiger partial charge in [-0.3, -0.25) is 0 Å². The third kappa shape index (κ3) is 1.76. The van der Waals surface area contributed by atoms with Crippen molar-refractivity contribution in [3.63, 3.8) is 0 Å². The van der Waals surface area contributed by atoms with Crippen LogP contribution in [0.15, 0.2) is 34.7 Å². The lowest BCUT2D eigenvalue weighted by Crippen LogP contribution is -1.82. The normalized spacial score (nSPS) is 10.1. The van der Waals surface area contributed by atoms with Crippen LogP contribution in [0.3, 0.4) is 0 Å². The summed E-state index contributed by atoms with van der Waals surface area (Å²) in [6.07, 6.45) is 0.297. The van der Waals surface area contributed by atoms with Crippen molar-refractivity contribution in [2.24, 2.45) is 0 Å². The predicted molar refractivity (Wildman–Crippen MR) is 52.5 cm³/mol. The largest absolute Gasteiger partial charge is 0.414 e. The van der Waals surface area contributed by atoms with Gasteiger partial charge >= 0.3 is 6.08 Å². The first kappa shape index (κ1) is 8.81. The summed E-state index contributed by atoms with van der Waals surface area (Å²) in [5.74, 6) is 1.52. The van der Waals surface area contributed by atoms with E-state index in [4.69, 9.17) is 9.15 Å². The zero-order chi connectivity index (χ0) is 9.97. The molecule has 0 radical (unpaired) electrons. The van der Waals surface area contributed by atoms with Crippen molar-refractivity contribution >= 4 is 0 Å². The first-order valence-corrected chi connectivity index (χ1v) is 4.42. The first-order valence-electron chi connectivity index (χ1n) is 4.42. The van der Waals surface area contributed by atoms with E-state index in [9.17, 15) is 0 Å². The van der Waals surface area contributed by atoms with Gasteiger partial charge in [0.25, 0.3) is 0 Å². The highest BCUT2D eigenvalue weighted by molar-refractivity contribution is 5.24. The number of oxazole rings is 1. The molecular formula is C11H11NO2. The maximum Gasteiger partial charge on any atom is 0.399 e. The van der Waals surface area contributed by atoms with Crippen LogP contribution in [0.2, 0.25) is 0 Å². The fourth-order valence-electron chi connectivity index (χ4n) is 1.08. The summed E-state index contributed by atoms with van der Waals surface area (Å²) in [6.45, 7) is 3.75. The van der Waals surface area contributed by atoms with Crippen molar-refractivity contribution in [3.8, 4) is 11.8 Å². The molecule has 0 amide bonds. The van der Waals surface area contributed by atoms with Crippen LogP contribution in [0.5, 0.6) is 11.8 Å². The van der Waals surface area contributed by atoms with E-state index < -0.39 is 0 Å². The monoisotopic (exact) mass is 189 g/mol. The van der Waals surface area contributed by atoms with Gasteiger partial charge in [0.15, 0.2) is 0 Å². The van der Waals surface area contributed by atoms with E-state index in [1.165, 1.54) is 0 Å². The Kier molecular flexibility index (Phi) is 2.23. The number of nitrogens with zero attached hydrogens (tertiary/aromatic N) is 1. The Hall–Kier alpha value is -1.77. The summed E-state index contributed by atoms with van der Waals surface area (Å²) in [4.78, 5) is 4.12. The maximum absolute atomic E-state index is 5.40. The summed E-state index contributed by atoms with van der Waals surface area (Å²) in [5, 5.41) is 0. The van der Waals surface area contributed by atoms with Gasteiger partial charge in [-0.25, -0.2) is 0 Å². The fourth-order valence-corrected chi connectivity index (χ4v) is 1.08. The minimum Gasteiger partial charge on any atom is -0.414 e. The van der Waals surface area contributed by atoms with Gasteiger partial charge in [0, 0.05) is 0 Å². The van der Waals surface area contributed by atoms with E-state index in [1.54, 1.807) is 0 Å². The minimum absolute atomic E-state index is 0.297. The predicted octanol–water partition coefficient (Wildman–Crippen LogP) is 3.08. The highest BCUT2D eigenvalue weighted by Crippen LogP contribution is 2.21. The summed E-state index contributed by atoms with van der Waals surface area (Å²) < 4.78 is 10.7. The van der Waals surface area contributed by atoms with Crippen molar-refractivity contribution in [3.05, 3.63) is 41.8 Å². The molecule has 1 aromatic heterocycles. The molecule has 1 heterocycles. The second-order valence-electron chi connectivity index (χ2n) is 3.04. The molecular weight excluding hydrogens is 178 g/mol. The van der Waals surface area contributed by atoms with E-state index in [0.717, 1.165) is 17.2 Å². The molecule has 0 bridgehead atoms. The van der Waals surface area contributed by atoms with Crippen LogP contribution in [-0.2, 0) is 0 Å². The lowest BCUT2D eigenvalue weighted by Gasteiger charge is -1.98. The van der Waals surface area contributed by atoms with Gasteiger partial charge in [-0.05, 0) is 26.0 Å². The van der Waals surface area contributed by atoms with Crippen LogP contribution < -0.4 is 4.74 Å². The average Bonchev–Trinajstić information content (AvgIpc) is 2.47. The van der Waals surface area contributed by atoms with Gasteiger partial charge in [0.1, 0.15) is 11.5 Å². The molecule has 1 aromatic carbocycles. The molecule has 72 valence electrons. The summed E-state index contributed by atoms with van der Waals surface area (Å²) >= 11 is 0. The molecule has 3 heteroatoms. The average molecular weight is 189 g/mol. The molecule has 0 aliphatic rings. The molecule has 0 N–H and O–H groups in total. The molecule has 0 fully saturated rings. The first-order chi connectivity index (χ1) is 6.75. The second-order valence-corrected chi connectivity index (χ2v) is 3.04. The van der Waals surface area contributed by atoms with Crippen molar-refractivity contribution in [1.29, 1.82) is 0 Å². The minimum atomic E-state index is 0.297. The van der Waals surface area contributed by atoms with E-state index in [0.29, 0.717) is 6.08 Å². The van der Waals surface area contributed by atoms with E-state index >= 15 is 0 Å². The highest BCUT2D eigenvalue weighted by atomic mass is 16.6. The van der Waals surface area contributed by atoms with Gasteiger partial charge in [-0.2, -0.15) is 4.98 Å². The number of ether oxygens (including phenoxy) is 1. The zero-order valence-corrected chi connectivity index (χ0v) is 8.15. The van der Waals surface area contributed by atoms with E-state index in [1.807, 2.05) is 44.2 Å². The fraction of sp³-hybridized carbons (Fsp3) is 0.182. The molecule has 3 nitrogen and oxygen atoms in total. The number of aromatic nitrogens is 1. The van der Waals surface area contributed by atoms with E-state index in [-0.39, 0.29) is 0 Å². The topological polar surface area (TPSA) is 35.3 Å². The Balaban J connectivity index is 2.19. The SMILES string of the molecule is Cc1nc(Oc2ccccc2)oc1C. The number of hydrogen-bond donors (Lipinski definition) is 0. The van der Waals surface area contributed by atoms with Crippen LogP contribution in [0.4, 0.5) is 0 Å². The second kappa shape index (κ2) is 3.54. The molecule has 2 rings (SSSR count). The van der Waals surface area contributed by atoms with Crippen molar-refractivity contribution in [2.75, 3.05) is 0 Å². The molecule has 14 heavy (non-hydrogen) atoms. The van der Waals surface area contributed by atoms with Crippen LogP contribution in [0, 0.1) is 13.8 Å². The van der Waals surface area contributed by atoms with Gasteiger partial charge in [-0.15, -0.1) is 0 Å². The standard InChI is InChI=1S/C11H11NO2/c1-8-9(2)13-11(12-8)14-10-6-4-3-5-7-10/h3-7H,1-2H3. The molecule has 0 saturated heterocycles. The molecule has 2 aromatic rings. The van der Waals surface area contributed by atoms with Gasteiger partial charge in [0.05, 0.1) is 5.69 Å². The van der Waals surface area contributed by atoms with Crippen molar-refractivity contribution < 1.29 is 9.15 Å². The van der Waals surface area contributed by atoms with E-state index in [2.05, 4.69) is 4.98 Å². The number of benzene rings is 1. The number of aryl methyl sites for hydroxylation is 2. The lowest BCUT2D eigenvalue weighted by molar-refractivity contribution is 0.323. The Bertz CT molecular complexity index is 401. The maximum atomic E-state index is 5.40. The molecule has 0 unspecified atom stereocenters. The number of hydrogen-bond acceptors (Lipinski definition) is 3. The van der Waals surface area contributed by atoms with Gasteiger partial charge in [-0.1, -0.05) is 18.2 Å². The van der Waals surface area contributed by atoms with Crippen LogP contribution in [-0.4, -0.2) is 4.98 Å². The van der Waals surface area contributed by atoms with Crippen LogP contribution in [0.25, 0.3) is 0 Å². The molecule has 0 aliphatic carbocycles. The van der Waals surface area contributed by atoms with Gasteiger partial charge in [0.2, 0.25) is 0 Å². The molecule has 0 spiro atoms.